The average Bonchev–Trinajstić information content (AvgIpc) is 2.74. The number of carbonyl (C=O) groups is 1. The van der Waals surface area contributed by atoms with Crippen molar-refractivity contribution in [1.82, 2.24) is 4.90 Å². The van der Waals surface area contributed by atoms with Crippen LogP contribution in [-0.4, -0.2) is 47.6 Å². The van der Waals surface area contributed by atoms with E-state index in [-0.39, 0.29) is 11.9 Å². The molecule has 6 heteroatoms. The standard InChI is InChI=1S/C8H11F2NO2S/c9-8(10)13-3-7(12)11-2-6-1-5(11)4-14-6/h5-6,8H,1-4H2/t5-,6-/m0/s1. The van der Waals surface area contributed by atoms with Crippen LogP contribution in [0.25, 0.3) is 0 Å². The highest BCUT2D eigenvalue weighted by atomic mass is 32.2. The summed E-state index contributed by atoms with van der Waals surface area (Å²) in [6.45, 7) is -2.65. The zero-order valence-electron chi connectivity index (χ0n) is 7.49. The maximum absolute atomic E-state index is 11.7. The van der Waals surface area contributed by atoms with Crippen LogP contribution in [-0.2, 0) is 9.53 Å². The SMILES string of the molecule is O=C(COC(F)F)N1C[C@@H]2C[C@H]1CS2. The summed E-state index contributed by atoms with van der Waals surface area (Å²) in [4.78, 5) is 13.1. The first-order valence-electron chi connectivity index (χ1n) is 4.47. The fourth-order valence-electron chi connectivity index (χ4n) is 1.92. The molecule has 1 amide bonds. The Morgan fingerprint density at radius 1 is 1.64 bits per heavy atom. The topological polar surface area (TPSA) is 29.5 Å². The minimum absolute atomic E-state index is 0.249. The average molecular weight is 223 g/mol. The van der Waals surface area contributed by atoms with Gasteiger partial charge in [0.05, 0.1) is 0 Å². The summed E-state index contributed by atoms with van der Waals surface area (Å²) >= 11 is 1.85. The molecule has 2 aliphatic heterocycles. The third-order valence-corrected chi connectivity index (χ3v) is 3.94. The van der Waals surface area contributed by atoms with Gasteiger partial charge in [-0.05, 0) is 6.42 Å². The molecule has 2 bridgehead atoms. The van der Waals surface area contributed by atoms with Gasteiger partial charge in [-0.3, -0.25) is 4.79 Å². The van der Waals surface area contributed by atoms with E-state index in [9.17, 15) is 13.6 Å². The van der Waals surface area contributed by atoms with Crippen LogP contribution in [0.15, 0.2) is 0 Å². The second-order valence-corrected chi connectivity index (χ2v) is 4.80. The highest BCUT2D eigenvalue weighted by Gasteiger charge is 2.40. The number of nitrogens with zero attached hydrogens (tertiary/aromatic N) is 1. The Morgan fingerprint density at radius 2 is 2.43 bits per heavy atom. The Kier molecular flexibility index (Phi) is 2.92. The number of ether oxygens (including phenoxy) is 1. The third-order valence-electron chi connectivity index (χ3n) is 2.55. The van der Waals surface area contributed by atoms with Gasteiger partial charge >= 0.3 is 6.61 Å². The fourth-order valence-corrected chi connectivity index (χ4v) is 3.36. The summed E-state index contributed by atoms with van der Waals surface area (Å²) in [5.74, 6) is 0.628. The lowest BCUT2D eigenvalue weighted by Gasteiger charge is -2.26. The van der Waals surface area contributed by atoms with E-state index >= 15 is 0 Å². The predicted molar refractivity (Wildman–Crippen MR) is 48.3 cm³/mol. The Labute approximate surface area is 84.8 Å². The molecule has 0 aromatic carbocycles. The van der Waals surface area contributed by atoms with Crippen molar-refractivity contribution in [2.75, 3.05) is 18.9 Å². The lowest BCUT2D eigenvalue weighted by Crippen LogP contribution is -2.41. The molecule has 2 aliphatic rings. The summed E-state index contributed by atoms with van der Waals surface area (Å²) in [5, 5.41) is 0.510. The van der Waals surface area contributed by atoms with Gasteiger partial charge in [-0.25, -0.2) is 0 Å². The minimum atomic E-state index is -2.85. The normalized spacial score (nSPS) is 30.4. The summed E-state index contributed by atoms with van der Waals surface area (Å²) in [6, 6.07) is 0.249. The van der Waals surface area contributed by atoms with Crippen LogP contribution in [0.2, 0.25) is 0 Å². The molecule has 0 radical (unpaired) electrons. The van der Waals surface area contributed by atoms with Crippen molar-refractivity contribution >= 4 is 17.7 Å². The van der Waals surface area contributed by atoms with Crippen molar-refractivity contribution < 1.29 is 18.3 Å². The second-order valence-electron chi connectivity index (χ2n) is 3.46. The largest absolute Gasteiger partial charge is 0.345 e. The van der Waals surface area contributed by atoms with Gasteiger partial charge in [0.1, 0.15) is 6.61 Å². The molecule has 80 valence electrons. The van der Waals surface area contributed by atoms with E-state index in [1.54, 1.807) is 4.90 Å². The summed E-state index contributed by atoms with van der Waals surface area (Å²) in [7, 11) is 0. The van der Waals surface area contributed by atoms with Crippen molar-refractivity contribution in [2.24, 2.45) is 0 Å². The van der Waals surface area contributed by atoms with E-state index < -0.39 is 13.2 Å². The molecule has 2 fully saturated rings. The number of likely N-dealkylation sites (tertiary alicyclic amines) is 1. The first-order chi connectivity index (χ1) is 6.66. The Hall–Kier alpha value is -0.360. The van der Waals surface area contributed by atoms with Crippen LogP contribution in [0.4, 0.5) is 8.78 Å². The third kappa shape index (κ3) is 2.00. The summed E-state index contributed by atoms with van der Waals surface area (Å²) in [5.41, 5.74) is 0. The van der Waals surface area contributed by atoms with Crippen molar-refractivity contribution in [3.63, 3.8) is 0 Å². The smallest absolute Gasteiger partial charge is 0.336 e. The van der Waals surface area contributed by atoms with Gasteiger partial charge in [0.25, 0.3) is 0 Å². The van der Waals surface area contributed by atoms with Crippen molar-refractivity contribution in [2.45, 2.75) is 24.3 Å². The highest BCUT2D eigenvalue weighted by molar-refractivity contribution is 8.00. The molecular weight excluding hydrogens is 212 g/mol. The number of hydrogen-bond donors (Lipinski definition) is 0. The first-order valence-corrected chi connectivity index (χ1v) is 5.52. The Balaban J connectivity index is 1.81. The zero-order chi connectivity index (χ0) is 10.1. The van der Waals surface area contributed by atoms with Crippen LogP contribution in [0, 0.1) is 0 Å². The molecule has 0 spiro atoms. The fraction of sp³-hybridized carbons (Fsp3) is 0.875. The van der Waals surface area contributed by atoms with Crippen LogP contribution in [0.5, 0.6) is 0 Å². The number of fused-ring (bicyclic) bond motifs is 2. The minimum Gasteiger partial charge on any atom is -0.336 e. The number of hydrogen-bond acceptors (Lipinski definition) is 3. The van der Waals surface area contributed by atoms with Gasteiger partial charge < -0.3 is 9.64 Å². The van der Waals surface area contributed by atoms with Gasteiger partial charge in [-0.1, -0.05) is 0 Å². The van der Waals surface area contributed by atoms with E-state index in [4.69, 9.17) is 0 Å². The van der Waals surface area contributed by atoms with Gasteiger partial charge in [0.2, 0.25) is 5.91 Å². The lowest BCUT2D eigenvalue weighted by molar-refractivity contribution is -0.160. The number of carbonyl (C=O) groups excluding carboxylic acids is 1. The monoisotopic (exact) mass is 223 g/mol. The van der Waals surface area contributed by atoms with E-state index in [2.05, 4.69) is 4.74 Å². The Bertz CT molecular complexity index is 239. The molecule has 0 unspecified atom stereocenters. The zero-order valence-corrected chi connectivity index (χ0v) is 8.30. The van der Waals surface area contributed by atoms with Crippen molar-refractivity contribution in [1.29, 1.82) is 0 Å². The van der Waals surface area contributed by atoms with E-state index in [1.165, 1.54) is 0 Å². The number of amides is 1. The molecule has 3 nitrogen and oxygen atoms in total. The second kappa shape index (κ2) is 4.02. The van der Waals surface area contributed by atoms with E-state index in [0.29, 0.717) is 11.8 Å². The van der Waals surface area contributed by atoms with Crippen molar-refractivity contribution in [3.05, 3.63) is 0 Å². The molecule has 14 heavy (non-hydrogen) atoms. The number of thioether (sulfide) groups is 1. The number of halogens is 2. The summed E-state index contributed by atoms with van der Waals surface area (Å²) < 4.78 is 27.3. The predicted octanol–water partition coefficient (Wildman–Crippen LogP) is 0.942. The summed E-state index contributed by atoms with van der Waals surface area (Å²) in [6.07, 6.45) is 1.01. The Morgan fingerprint density at radius 3 is 2.93 bits per heavy atom. The van der Waals surface area contributed by atoms with E-state index in [1.807, 2.05) is 11.8 Å². The maximum Gasteiger partial charge on any atom is 0.345 e. The van der Waals surface area contributed by atoms with Crippen LogP contribution < -0.4 is 0 Å². The lowest BCUT2D eigenvalue weighted by atomic mass is 10.2. The quantitative estimate of drug-likeness (QED) is 0.713. The molecule has 2 rings (SSSR count). The van der Waals surface area contributed by atoms with Crippen LogP contribution in [0.1, 0.15) is 6.42 Å². The molecule has 0 N–H and O–H groups in total. The van der Waals surface area contributed by atoms with Gasteiger partial charge in [0, 0.05) is 23.6 Å². The number of rotatable bonds is 3. The van der Waals surface area contributed by atoms with Crippen LogP contribution in [0.3, 0.4) is 0 Å². The first kappa shape index (κ1) is 10.2. The molecule has 2 saturated heterocycles. The van der Waals surface area contributed by atoms with Gasteiger partial charge in [-0.2, -0.15) is 20.5 Å². The van der Waals surface area contributed by atoms with Crippen molar-refractivity contribution in [3.8, 4) is 0 Å². The molecule has 2 heterocycles. The molecule has 0 aromatic heterocycles. The van der Waals surface area contributed by atoms with Gasteiger partial charge in [0.15, 0.2) is 0 Å². The van der Waals surface area contributed by atoms with Gasteiger partial charge in [-0.15, -0.1) is 0 Å². The molecular formula is C8H11F2NO2S. The highest BCUT2D eigenvalue weighted by Crippen LogP contribution is 2.37. The number of alkyl halides is 2. The molecule has 2 atom stereocenters. The molecule has 0 saturated carbocycles. The molecule has 0 aromatic rings. The van der Waals surface area contributed by atoms with E-state index in [0.717, 1.165) is 12.2 Å². The van der Waals surface area contributed by atoms with Crippen LogP contribution >= 0.6 is 11.8 Å². The molecule has 0 aliphatic carbocycles. The maximum atomic E-state index is 11.7.